The van der Waals surface area contributed by atoms with Crippen LogP contribution in [0.2, 0.25) is 0 Å². The second kappa shape index (κ2) is 5.13. The van der Waals surface area contributed by atoms with E-state index in [9.17, 15) is 4.79 Å². The Morgan fingerprint density at radius 3 is 2.20 bits per heavy atom. The molecule has 0 spiro atoms. The summed E-state index contributed by atoms with van der Waals surface area (Å²) in [5.41, 5.74) is -1.15. The van der Waals surface area contributed by atoms with E-state index in [4.69, 9.17) is 10.2 Å². The van der Waals surface area contributed by atoms with E-state index < -0.39 is 11.6 Å². The van der Waals surface area contributed by atoms with Gasteiger partial charge in [0, 0.05) is 0 Å². The molecule has 1 unspecified atom stereocenters. The van der Waals surface area contributed by atoms with Gasteiger partial charge in [0.15, 0.2) is 0 Å². The van der Waals surface area contributed by atoms with Gasteiger partial charge in [-0.05, 0) is 13.3 Å². The molecule has 0 aromatic carbocycles. The fourth-order valence-electron chi connectivity index (χ4n) is 0.414. The zero-order valence-electron chi connectivity index (χ0n) is 5.42. The van der Waals surface area contributed by atoms with Gasteiger partial charge in [0.2, 0.25) is 0 Å². The summed E-state index contributed by atoms with van der Waals surface area (Å²) < 4.78 is 0. The van der Waals surface area contributed by atoms with Gasteiger partial charge in [0.05, 0.1) is 12.0 Å². The Labute approximate surface area is 82.7 Å². The summed E-state index contributed by atoms with van der Waals surface area (Å²) in [6.07, 6.45) is -0.0181. The van der Waals surface area contributed by atoms with Crippen molar-refractivity contribution in [3.63, 3.8) is 0 Å². The molecule has 0 aromatic heterocycles. The fourth-order valence-corrected chi connectivity index (χ4v) is 0.414. The second-order valence-corrected chi connectivity index (χ2v) is 2.32. The van der Waals surface area contributed by atoms with Gasteiger partial charge in [0.1, 0.15) is 0 Å². The predicted molar refractivity (Wildman–Crippen MR) is 40.0 cm³/mol. The van der Waals surface area contributed by atoms with Crippen molar-refractivity contribution in [1.82, 2.24) is 0 Å². The van der Waals surface area contributed by atoms with E-state index in [0.29, 0.717) is 0 Å². The molecule has 0 heterocycles. The van der Waals surface area contributed by atoms with Crippen LogP contribution in [0, 0.1) is 6.92 Å². The number of hydrogen-bond acceptors (Lipinski definition) is 2. The molecule has 1 atom stereocenters. The summed E-state index contributed by atoms with van der Waals surface area (Å²) in [6, 6.07) is 0. The third-order valence-corrected chi connectivity index (χ3v) is 1.07. The van der Waals surface area contributed by atoms with E-state index in [0.717, 1.165) is 0 Å². The molecule has 0 aromatic rings. The monoisotopic (exact) mass is 155 g/mol. The molecule has 0 saturated heterocycles. The SMILES string of the molecule is [CH2]CC(C)(O)CC(=O)O.[NaH]. The standard InChI is InChI=1S/C6H11O3.Na.H/c1-3-6(2,9)4-5(7)8;;/h9H,1,3-4H2,2H3,(H,7,8);;. The van der Waals surface area contributed by atoms with Crippen LogP contribution in [-0.4, -0.2) is 51.3 Å². The van der Waals surface area contributed by atoms with E-state index in [-0.39, 0.29) is 42.4 Å². The summed E-state index contributed by atoms with van der Waals surface area (Å²) >= 11 is 0. The topological polar surface area (TPSA) is 57.5 Å². The van der Waals surface area contributed by atoms with Crippen molar-refractivity contribution in [2.45, 2.75) is 25.4 Å². The number of rotatable bonds is 3. The molecule has 0 saturated carbocycles. The van der Waals surface area contributed by atoms with Crippen molar-refractivity contribution < 1.29 is 15.0 Å². The molecule has 0 amide bonds. The first-order valence-corrected chi connectivity index (χ1v) is 2.71. The average Bonchev–Trinajstić information content (AvgIpc) is 1.63. The van der Waals surface area contributed by atoms with Crippen LogP contribution in [0.25, 0.3) is 0 Å². The molecular weight excluding hydrogens is 143 g/mol. The minimum atomic E-state index is -1.15. The first kappa shape index (κ1) is 13.1. The van der Waals surface area contributed by atoms with Gasteiger partial charge in [0.25, 0.3) is 0 Å². The maximum atomic E-state index is 9.99. The van der Waals surface area contributed by atoms with Gasteiger partial charge in [-0.1, -0.05) is 6.92 Å². The van der Waals surface area contributed by atoms with Crippen LogP contribution in [0.5, 0.6) is 0 Å². The van der Waals surface area contributed by atoms with E-state index in [1.165, 1.54) is 6.92 Å². The van der Waals surface area contributed by atoms with Crippen LogP contribution in [0.3, 0.4) is 0 Å². The summed E-state index contributed by atoms with van der Waals surface area (Å²) in [7, 11) is 0. The number of hydrogen-bond donors (Lipinski definition) is 2. The molecule has 0 aliphatic carbocycles. The number of aliphatic carboxylic acids is 1. The van der Waals surface area contributed by atoms with E-state index in [2.05, 4.69) is 6.92 Å². The predicted octanol–water partition coefficient (Wildman–Crippen LogP) is -0.212. The Hall–Kier alpha value is 0.430. The Morgan fingerprint density at radius 1 is 1.70 bits per heavy atom. The molecule has 2 N–H and O–H groups in total. The van der Waals surface area contributed by atoms with Gasteiger partial charge in [-0.2, -0.15) is 0 Å². The van der Waals surface area contributed by atoms with Crippen LogP contribution in [0.4, 0.5) is 0 Å². The zero-order valence-corrected chi connectivity index (χ0v) is 5.42. The summed E-state index contributed by atoms with van der Waals surface area (Å²) in [5, 5.41) is 17.2. The average molecular weight is 155 g/mol. The van der Waals surface area contributed by atoms with Gasteiger partial charge in [-0.3, -0.25) is 4.79 Å². The first-order valence-electron chi connectivity index (χ1n) is 2.71. The minimum absolute atomic E-state index is 0. The van der Waals surface area contributed by atoms with Crippen molar-refractivity contribution >= 4 is 35.5 Å². The van der Waals surface area contributed by atoms with Crippen LogP contribution in [-0.2, 0) is 4.79 Å². The number of carbonyl (C=O) groups is 1. The third kappa shape index (κ3) is 6.55. The molecule has 0 fully saturated rings. The van der Waals surface area contributed by atoms with Crippen molar-refractivity contribution in [3.8, 4) is 0 Å². The zero-order chi connectivity index (χ0) is 7.49. The van der Waals surface area contributed by atoms with Crippen molar-refractivity contribution in [2.24, 2.45) is 0 Å². The molecule has 1 radical (unpaired) electrons. The van der Waals surface area contributed by atoms with Crippen molar-refractivity contribution in [3.05, 3.63) is 6.92 Å². The first-order chi connectivity index (χ1) is 3.98. The van der Waals surface area contributed by atoms with Gasteiger partial charge in [-0.25, -0.2) is 0 Å². The third-order valence-electron chi connectivity index (χ3n) is 1.07. The van der Waals surface area contributed by atoms with Gasteiger partial charge in [-0.15, -0.1) is 0 Å². The Kier molecular flexibility index (Phi) is 6.69. The van der Waals surface area contributed by atoms with Gasteiger partial charge >= 0.3 is 35.5 Å². The molecule has 0 aliphatic rings. The Morgan fingerprint density at radius 2 is 2.10 bits per heavy atom. The number of carboxylic acids is 1. The van der Waals surface area contributed by atoms with Crippen LogP contribution < -0.4 is 0 Å². The number of carboxylic acid groups (broad SMARTS) is 1. The molecule has 0 aliphatic heterocycles. The quantitative estimate of drug-likeness (QED) is 0.554. The normalized spacial score (nSPS) is 15.1. The van der Waals surface area contributed by atoms with E-state index in [1.807, 2.05) is 0 Å². The fraction of sp³-hybridized carbons (Fsp3) is 0.667. The summed E-state index contributed by atoms with van der Waals surface area (Å²) in [4.78, 5) is 9.99. The van der Waals surface area contributed by atoms with Gasteiger partial charge < -0.3 is 10.2 Å². The second-order valence-electron chi connectivity index (χ2n) is 2.32. The molecule has 0 bridgehead atoms. The maximum absolute atomic E-state index is 9.99. The molecule has 3 nitrogen and oxygen atoms in total. The van der Waals surface area contributed by atoms with Crippen LogP contribution in [0.15, 0.2) is 0 Å². The number of aliphatic hydroxyl groups is 1. The summed E-state index contributed by atoms with van der Waals surface area (Å²) in [5.74, 6) is -0.997. The molecule has 4 heteroatoms. The molecule has 0 rings (SSSR count). The van der Waals surface area contributed by atoms with Crippen LogP contribution >= 0.6 is 0 Å². The van der Waals surface area contributed by atoms with E-state index >= 15 is 0 Å². The Bertz CT molecular complexity index is 112. The molecule has 55 valence electrons. The van der Waals surface area contributed by atoms with Crippen molar-refractivity contribution in [1.29, 1.82) is 0 Å². The molecule has 10 heavy (non-hydrogen) atoms. The van der Waals surface area contributed by atoms with E-state index in [1.54, 1.807) is 0 Å². The summed E-state index contributed by atoms with van der Waals surface area (Å²) in [6.45, 7) is 4.85. The Balaban J connectivity index is 0. The van der Waals surface area contributed by atoms with Crippen LogP contribution in [0.1, 0.15) is 19.8 Å². The molecular formula is C6H12NaO3. The van der Waals surface area contributed by atoms with Crippen molar-refractivity contribution in [2.75, 3.05) is 0 Å².